The number of phenolic OH excluding ortho intramolecular Hbond substituents is 2. The highest BCUT2D eigenvalue weighted by molar-refractivity contribution is 6.02. The van der Waals surface area contributed by atoms with Crippen molar-refractivity contribution in [2.75, 3.05) is 13.7 Å². The second kappa shape index (κ2) is 12.4. The Bertz CT molecular complexity index is 1320. The first-order valence-corrected chi connectivity index (χ1v) is 13.5. The number of aromatic hydroxyl groups is 2. The van der Waals surface area contributed by atoms with Crippen LogP contribution in [0, 0.1) is 0 Å². The second-order valence-electron chi connectivity index (χ2n) is 10.6. The van der Waals surface area contributed by atoms with Crippen LogP contribution in [0.25, 0.3) is 0 Å². The molecule has 3 aliphatic heterocycles. The molecule has 5 rings (SSSR count). The maximum Gasteiger partial charge on any atom is 0.229 e. The summed E-state index contributed by atoms with van der Waals surface area (Å²) in [5.74, 6) is -0.999. The number of aliphatic hydroxyl groups excluding tert-OH is 6. The third-order valence-corrected chi connectivity index (χ3v) is 7.70. The Morgan fingerprint density at radius 3 is 2.23 bits per heavy atom. The number of carbonyl (C=O) groups excluding carboxylic acids is 1. The lowest BCUT2D eigenvalue weighted by atomic mass is 9.95. The molecule has 0 spiro atoms. The molecule has 43 heavy (non-hydrogen) atoms. The molecule has 15 nitrogen and oxygen atoms in total. The lowest BCUT2D eigenvalue weighted by Gasteiger charge is -2.42. The Morgan fingerprint density at radius 2 is 1.53 bits per heavy atom. The van der Waals surface area contributed by atoms with E-state index in [1.165, 1.54) is 32.2 Å². The first-order valence-electron chi connectivity index (χ1n) is 13.5. The predicted octanol–water partition coefficient (Wildman–Crippen LogP) is -1.16. The third kappa shape index (κ3) is 6.08. The topological polar surface area (TPSA) is 234 Å². The van der Waals surface area contributed by atoms with Crippen LogP contribution in [0.5, 0.6) is 28.7 Å². The minimum absolute atomic E-state index is 0.0457. The number of hydrogen-bond acceptors (Lipinski definition) is 15. The number of ketones is 1. The van der Waals surface area contributed by atoms with Gasteiger partial charge in [0.2, 0.25) is 6.29 Å². The number of carbonyl (C=O) groups is 1. The van der Waals surface area contributed by atoms with Gasteiger partial charge in [0, 0.05) is 12.1 Å². The minimum atomic E-state index is -1.77. The molecular weight excluding hydrogens is 576 g/mol. The van der Waals surface area contributed by atoms with E-state index in [4.69, 9.17) is 28.4 Å². The summed E-state index contributed by atoms with van der Waals surface area (Å²) < 4.78 is 33.1. The molecule has 0 amide bonds. The van der Waals surface area contributed by atoms with E-state index in [1.54, 1.807) is 6.07 Å². The molecule has 11 atom stereocenters. The highest BCUT2D eigenvalue weighted by Crippen LogP contribution is 2.43. The van der Waals surface area contributed by atoms with Gasteiger partial charge in [-0.15, -0.1) is 0 Å². The molecule has 0 radical (unpaired) electrons. The molecule has 0 saturated carbocycles. The average molecular weight is 611 g/mol. The maximum atomic E-state index is 12.9. The second-order valence-corrected chi connectivity index (χ2v) is 10.6. The Morgan fingerprint density at radius 1 is 0.837 bits per heavy atom. The molecule has 15 heteroatoms. The van der Waals surface area contributed by atoms with Crippen molar-refractivity contribution in [3.05, 3.63) is 41.5 Å². The molecule has 2 fully saturated rings. The normalized spacial score (nSPS) is 36.0. The summed E-state index contributed by atoms with van der Waals surface area (Å²) in [5, 5.41) is 82.2. The maximum absolute atomic E-state index is 12.9. The fraction of sp³-hybridized carbons (Fsp3) is 0.536. The van der Waals surface area contributed by atoms with E-state index in [1.807, 2.05) is 0 Å². The summed E-state index contributed by atoms with van der Waals surface area (Å²) >= 11 is 0. The Kier molecular flexibility index (Phi) is 8.99. The standard InChI is InChI=1S/C28H34O15/c1-10-21(32)23(34)25(36)27(40-10)39-9-19-22(33)24(35)26(37)28(43-19)41-12-6-14(30)20-15(31)8-17(42-18(20)7-12)11-3-4-16(38-2)13(29)5-11/h3-7,10,17,19,21-30,32-37H,8-9H2,1-2H3/t10-,17?,19+,21-,22+,23+,24-,25+,26+,27+,28+/m0/s1. The van der Waals surface area contributed by atoms with Crippen LogP contribution >= 0.6 is 0 Å². The van der Waals surface area contributed by atoms with E-state index >= 15 is 0 Å². The van der Waals surface area contributed by atoms with Crippen molar-refractivity contribution in [3.63, 3.8) is 0 Å². The predicted molar refractivity (Wildman–Crippen MR) is 141 cm³/mol. The summed E-state index contributed by atoms with van der Waals surface area (Å²) in [6.07, 6.45) is -15.9. The molecule has 1 unspecified atom stereocenters. The zero-order chi connectivity index (χ0) is 31.2. The van der Waals surface area contributed by atoms with E-state index < -0.39 is 85.7 Å². The van der Waals surface area contributed by atoms with Crippen molar-refractivity contribution < 1.29 is 74.1 Å². The SMILES string of the molecule is COc1ccc(C2CC(=O)c3c(O)cc(O[C@@H]4O[C@H](CO[C@@H]5O[C@@H](C)[C@H](O)[C@@H](O)[C@H]5O)[C@@H](O)[C@H](O)[C@H]4O)cc3O2)cc1O. The van der Waals surface area contributed by atoms with E-state index in [-0.39, 0.29) is 35.0 Å². The number of ether oxygens (including phenoxy) is 6. The summed E-state index contributed by atoms with van der Waals surface area (Å²) in [7, 11) is 1.39. The molecule has 236 valence electrons. The monoisotopic (exact) mass is 610 g/mol. The highest BCUT2D eigenvalue weighted by atomic mass is 16.7. The van der Waals surface area contributed by atoms with Crippen molar-refractivity contribution in [1.29, 1.82) is 0 Å². The van der Waals surface area contributed by atoms with E-state index in [0.29, 0.717) is 5.56 Å². The van der Waals surface area contributed by atoms with Crippen molar-refractivity contribution >= 4 is 5.78 Å². The fourth-order valence-electron chi connectivity index (χ4n) is 5.20. The molecule has 0 bridgehead atoms. The summed E-state index contributed by atoms with van der Waals surface area (Å²) in [5.41, 5.74) is 0.373. The van der Waals surface area contributed by atoms with Crippen LogP contribution in [0.2, 0.25) is 0 Å². The van der Waals surface area contributed by atoms with E-state index in [9.17, 15) is 45.6 Å². The van der Waals surface area contributed by atoms with Crippen LogP contribution in [0.15, 0.2) is 30.3 Å². The van der Waals surface area contributed by atoms with Crippen LogP contribution in [0.3, 0.4) is 0 Å². The number of methoxy groups -OCH3 is 1. The molecule has 0 aliphatic carbocycles. The lowest BCUT2D eigenvalue weighted by Crippen LogP contribution is -2.61. The van der Waals surface area contributed by atoms with Gasteiger partial charge >= 0.3 is 0 Å². The first kappa shape index (κ1) is 31.2. The minimum Gasteiger partial charge on any atom is -0.507 e. The first-order chi connectivity index (χ1) is 20.4. The van der Waals surface area contributed by atoms with Gasteiger partial charge in [-0.3, -0.25) is 4.79 Å². The van der Waals surface area contributed by atoms with Crippen molar-refractivity contribution in [1.82, 2.24) is 0 Å². The molecule has 8 N–H and O–H groups in total. The molecular formula is C28H34O15. The molecule has 2 saturated heterocycles. The van der Waals surface area contributed by atoms with Crippen LogP contribution in [-0.2, 0) is 14.2 Å². The van der Waals surface area contributed by atoms with Gasteiger partial charge in [0.25, 0.3) is 0 Å². The zero-order valence-corrected chi connectivity index (χ0v) is 23.1. The molecule has 0 aromatic heterocycles. The Balaban J connectivity index is 1.30. The summed E-state index contributed by atoms with van der Waals surface area (Å²) in [6, 6.07) is 6.90. The largest absolute Gasteiger partial charge is 0.507 e. The van der Waals surface area contributed by atoms with Crippen LogP contribution in [0.1, 0.15) is 35.4 Å². The van der Waals surface area contributed by atoms with Crippen molar-refractivity contribution in [2.24, 2.45) is 0 Å². The quantitative estimate of drug-likeness (QED) is 0.185. The van der Waals surface area contributed by atoms with Crippen molar-refractivity contribution in [3.8, 4) is 28.7 Å². The molecule has 3 aliphatic rings. The number of Topliss-reactive ketones (excluding diaryl/α,β-unsaturated/α-hetero) is 1. The summed E-state index contributed by atoms with van der Waals surface area (Å²) in [4.78, 5) is 12.9. The summed E-state index contributed by atoms with van der Waals surface area (Å²) in [6.45, 7) is 0.964. The number of hydrogen-bond donors (Lipinski definition) is 8. The van der Waals surface area contributed by atoms with Gasteiger partial charge in [0.1, 0.15) is 71.6 Å². The van der Waals surface area contributed by atoms with Gasteiger partial charge in [0.05, 0.1) is 26.2 Å². The smallest absolute Gasteiger partial charge is 0.229 e. The number of rotatable bonds is 7. The number of benzene rings is 2. The van der Waals surface area contributed by atoms with Gasteiger partial charge < -0.3 is 69.3 Å². The molecule has 3 heterocycles. The third-order valence-electron chi connectivity index (χ3n) is 7.70. The Labute approximate surface area is 245 Å². The van der Waals surface area contributed by atoms with Gasteiger partial charge in [-0.05, 0) is 24.6 Å². The van der Waals surface area contributed by atoms with Gasteiger partial charge in [0.15, 0.2) is 23.6 Å². The van der Waals surface area contributed by atoms with Crippen LogP contribution in [0.4, 0.5) is 0 Å². The van der Waals surface area contributed by atoms with Gasteiger partial charge in [-0.2, -0.15) is 0 Å². The van der Waals surface area contributed by atoms with E-state index in [2.05, 4.69) is 0 Å². The fourth-order valence-corrected chi connectivity index (χ4v) is 5.20. The van der Waals surface area contributed by atoms with Crippen molar-refractivity contribution in [2.45, 2.75) is 80.9 Å². The average Bonchev–Trinajstić information content (AvgIpc) is 2.97. The van der Waals surface area contributed by atoms with Gasteiger partial charge in [-0.1, -0.05) is 6.07 Å². The lowest BCUT2D eigenvalue weighted by molar-refractivity contribution is -0.318. The Hall–Kier alpha value is -3.25. The molecule has 2 aromatic rings. The number of aliphatic hydroxyl groups is 6. The zero-order valence-electron chi connectivity index (χ0n) is 23.1. The van der Waals surface area contributed by atoms with Crippen LogP contribution < -0.4 is 14.2 Å². The highest BCUT2D eigenvalue weighted by Gasteiger charge is 2.47. The van der Waals surface area contributed by atoms with Gasteiger partial charge in [-0.25, -0.2) is 0 Å². The van der Waals surface area contributed by atoms with Crippen LogP contribution in [-0.4, -0.2) is 122 Å². The number of phenols is 2. The number of fused-ring (bicyclic) bond motifs is 1. The van der Waals surface area contributed by atoms with E-state index in [0.717, 1.165) is 6.07 Å². The molecule has 2 aromatic carbocycles.